The fraction of sp³-hybridized carbons (Fsp3) is 0.269. The zero-order chi connectivity index (χ0) is 24.5. The number of carbonyl (C=O) groups excluding carboxylic acids is 3. The summed E-state index contributed by atoms with van der Waals surface area (Å²) in [5.74, 6) is -0.184. The van der Waals surface area contributed by atoms with E-state index in [0.717, 1.165) is 12.5 Å². The Morgan fingerprint density at radius 2 is 1.74 bits per heavy atom. The third kappa shape index (κ3) is 6.71. The number of benzene rings is 2. The molecule has 3 rings (SSSR count). The van der Waals surface area contributed by atoms with Gasteiger partial charge in [-0.3, -0.25) is 0 Å². The molecule has 0 aliphatic carbocycles. The molecule has 0 bridgehead atoms. The highest BCUT2D eigenvalue weighted by atomic mass is 16.7. The summed E-state index contributed by atoms with van der Waals surface area (Å²) in [5.41, 5.74) is 0.792. The highest BCUT2D eigenvalue weighted by molar-refractivity contribution is 5.91. The van der Waals surface area contributed by atoms with E-state index in [1.165, 1.54) is 0 Å². The molecule has 2 aromatic rings. The largest absolute Gasteiger partial charge is 0.487 e. The van der Waals surface area contributed by atoms with Gasteiger partial charge in [-0.15, -0.1) is 0 Å². The zero-order valence-corrected chi connectivity index (χ0v) is 18.9. The number of rotatable bonds is 11. The molecule has 8 nitrogen and oxygen atoms in total. The van der Waals surface area contributed by atoms with Gasteiger partial charge < -0.3 is 23.7 Å². The molecule has 2 atom stereocenters. The van der Waals surface area contributed by atoms with E-state index < -0.39 is 11.9 Å². The van der Waals surface area contributed by atoms with Crippen LogP contribution in [0, 0.1) is 0 Å². The fourth-order valence-electron chi connectivity index (χ4n) is 3.23. The minimum Gasteiger partial charge on any atom is -0.487 e. The van der Waals surface area contributed by atoms with Gasteiger partial charge in [0.25, 0.3) is 0 Å². The van der Waals surface area contributed by atoms with Crippen LogP contribution in [0.4, 0.5) is 0 Å². The summed E-state index contributed by atoms with van der Waals surface area (Å²) in [6.45, 7) is 8.78. The first-order chi connectivity index (χ1) is 16.4. The minimum atomic E-state index is -0.587. The van der Waals surface area contributed by atoms with Crippen LogP contribution in [0.2, 0.25) is 0 Å². The molecule has 8 heteroatoms. The van der Waals surface area contributed by atoms with E-state index in [1.807, 2.05) is 6.92 Å². The van der Waals surface area contributed by atoms with E-state index >= 15 is 0 Å². The Kier molecular flexibility index (Phi) is 8.45. The van der Waals surface area contributed by atoms with Crippen LogP contribution in [0.1, 0.15) is 36.5 Å². The monoisotopic (exact) mass is 466 g/mol. The number of cyclic esters (lactones) is 1. The van der Waals surface area contributed by atoms with E-state index in [-0.39, 0.29) is 25.0 Å². The van der Waals surface area contributed by atoms with E-state index in [2.05, 4.69) is 13.2 Å². The van der Waals surface area contributed by atoms with Crippen molar-refractivity contribution < 1.29 is 38.1 Å². The average molecular weight is 466 g/mol. The number of esters is 3. The molecule has 0 radical (unpaired) electrons. The van der Waals surface area contributed by atoms with Crippen LogP contribution in [-0.4, -0.2) is 36.9 Å². The molecular weight excluding hydrogens is 440 g/mol. The standard InChI is InChI=1S/C26H26O8/c1-4-6-22(23-15-17(3)25(28)34-23)32-20-9-7-18(8-10-20)26(29)33-21-13-11-19(12-14-21)30-16-31-24(27)5-2/h5,7-14,22-23H,2-4,6,15-16H2,1H3. The van der Waals surface area contributed by atoms with Crippen molar-refractivity contribution >= 4 is 17.9 Å². The molecule has 1 heterocycles. The lowest BCUT2D eigenvalue weighted by atomic mass is 10.0. The van der Waals surface area contributed by atoms with Gasteiger partial charge in [-0.25, -0.2) is 14.4 Å². The van der Waals surface area contributed by atoms with Gasteiger partial charge in [0.2, 0.25) is 6.79 Å². The van der Waals surface area contributed by atoms with Crippen LogP contribution in [0.5, 0.6) is 17.2 Å². The lowest BCUT2D eigenvalue weighted by Gasteiger charge is -2.23. The normalized spacial score (nSPS) is 15.7. The van der Waals surface area contributed by atoms with Crippen LogP contribution in [-0.2, 0) is 19.1 Å². The Labute approximate surface area is 197 Å². The van der Waals surface area contributed by atoms with Gasteiger partial charge in [0.1, 0.15) is 29.5 Å². The van der Waals surface area contributed by atoms with Gasteiger partial charge in [-0.2, -0.15) is 0 Å². The predicted molar refractivity (Wildman–Crippen MR) is 123 cm³/mol. The molecule has 2 aromatic carbocycles. The Morgan fingerprint density at radius 1 is 1.09 bits per heavy atom. The lowest BCUT2D eigenvalue weighted by Crippen LogP contribution is -2.31. The molecule has 0 saturated carbocycles. The van der Waals surface area contributed by atoms with Crippen LogP contribution in [0.3, 0.4) is 0 Å². The van der Waals surface area contributed by atoms with Crippen molar-refractivity contribution in [3.8, 4) is 17.2 Å². The molecule has 0 spiro atoms. The number of hydrogen-bond donors (Lipinski definition) is 0. The summed E-state index contributed by atoms with van der Waals surface area (Å²) in [4.78, 5) is 35.1. The smallest absolute Gasteiger partial charge is 0.343 e. The van der Waals surface area contributed by atoms with Crippen molar-refractivity contribution in [1.29, 1.82) is 0 Å². The van der Waals surface area contributed by atoms with Crippen molar-refractivity contribution in [3.05, 3.63) is 78.9 Å². The summed E-state index contributed by atoms with van der Waals surface area (Å²) >= 11 is 0. The number of carbonyl (C=O) groups is 3. The van der Waals surface area contributed by atoms with E-state index in [4.69, 9.17) is 23.7 Å². The minimum absolute atomic E-state index is 0.255. The molecule has 0 aromatic heterocycles. The Hall–Kier alpha value is -4.07. The average Bonchev–Trinajstić information content (AvgIpc) is 3.18. The van der Waals surface area contributed by atoms with E-state index in [9.17, 15) is 14.4 Å². The third-order valence-corrected chi connectivity index (χ3v) is 4.99. The summed E-state index contributed by atoms with van der Waals surface area (Å²) in [6, 6.07) is 12.8. The van der Waals surface area contributed by atoms with Crippen molar-refractivity contribution in [2.45, 2.75) is 38.4 Å². The van der Waals surface area contributed by atoms with Gasteiger partial charge in [0.15, 0.2) is 0 Å². The first kappa shape index (κ1) is 24.6. The van der Waals surface area contributed by atoms with Crippen molar-refractivity contribution in [2.24, 2.45) is 0 Å². The van der Waals surface area contributed by atoms with Crippen LogP contribution >= 0.6 is 0 Å². The first-order valence-electron chi connectivity index (χ1n) is 10.8. The summed E-state index contributed by atoms with van der Waals surface area (Å²) in [7, 11) is 0. The van der Waals surface area contributed by atoms with Gasteiger partial charge in [0.05, 0.1) is 5.56 Å². The van der Waals surface area contributed by atoms with E-state index in [1.54, 1.807) is 48.5 Å². The summed E-state index contributed by atoms with van der Waals surface area (Å²) in [5, 5.41) is 0. The van der Waals surface area contributed by atoms with Crippen molar-refractivity contribution in [1.82, 2.24) is 0 Å². The second kappa shape index (κ2) is 11.7. The van der Waals surface area contributed by atoms with Gasteiger partial charge in [-0.05, 0) is 55.0 Å². The fourth-order valence-corrected chi connectivity index (χ4v) is 3.23. The first-order valence-corrected chi connectivity index (χ1v) is 10.8. The Balaban J connectivity index is 1.54. The molecule has 0 amide bonds. The zero-order valence-electron chi connectivity index (χ0n) is 18.9. The molecule has 1 saturated heterocycles. The molecule has 2 unspecified atom stereocenters. The maximum absolute atomic E-state index is 12.5. The number of ether oxygens (including phenoxy) is 5. The molecular formula is C26H26O8. The molecule has 1 fully saturated rings. The van der Waals surface area contributed by atoms with Gasteiger partial charge in [-0.1, -0.05) is 26.5 Å². The maximum atomic E-state index is 12.5. The third-order valence-electron chi connectivity index (χ3n) is 4.99. The molecule has 1 aliphatic rings. The Bertz CT molecular complexity index is 1020. The second-order valence-electron chi connectivity index (χ2n) is 7.51. The topological polar surface area (TPSA) is 97.4 Å². The van der Waals surface area contributed by atoms with Crippen molar-refractivity contribution in [2.75, 3.05) is 6.79 Å². The molecule has 1 aliphatic heterocycles. The van der Waals surface area contributed by atoms with Gasteiger partial charge >= 0.3 is 17.9 Å². The van der Waals surface area contributed by atoms with Crippen LogP contribution in [0.25, 0.3) is 0 Å². The van der Waals surface area contributed by atoms with Crippen molar-refractivity contribution in [3.63, 3.8) is 0 Å². The lowest BCUT2D eigenvalue weighted by molar-refractivity contribution is -0.144. The highest BCUT2D eigenvalue weighted by Crippen LogP contribution is 2.27. The second-order valence-corrected chi connectivity index (χ2v) is 7.51. The highest BCUT2D eigenvalue weighted by Gasteiger charge is 2.34. The molecule has 178 valence electrons. The SMILES string of the molecule is C=CC(=O)OCOc1ccc(OC(=O)c2ccc(OC(CCC)C3CC(=C)C(=O)O3)cc2)cc1. The van der Waals surface area contributed by atoms with Crippen LogP contribution in [0.15, 0.2) is 73.3 Å². The van der Waals surface area contributed by atoms with Gasteiger partial charge in [0, 0.05) is 18.1 Å². The predicted octanol–water partition coefficient (Wildman–Crippen LogP) is 4.39. The summed E-state index contributed by atoms with van der Waals surface area (Å²) in [6.07, 6.45) is 2.39. The molecule has 0 N–H and O–H groups in total. The van der Waals surface area contributed by atoms with E-state index in [0.29, 0.717) is 41.2 Å². The number of hydrogen-bond acceptors (Lipinski definition) is 8. The summed E-state index contributed by atoms with van der Waals surface area (Å²) < 4.78 is 26.8. The quantitative estimate of drug-likeness (QED) is 0.208. The molecule has 34 heavy (non-hydrogen) atoms. The van der Waals surface area contributed by atoms with Crippen LogP contribution < -0.4 is 14.2 Å². The maximum Gasteiger partial charge on any atom is 0.343 e. The Morgan fingerprint density at radius 3 is 2.32 bits per heavy atom.